The van der Waals surface area contributed by atoms with Crippen LogP contribution >= 0.6 is 0 Å². The van der Waals surface area contributed by atoms with Crippen LogP contribution in [0.4, 0.5) is 0 Å². The van der Waals surface area contributed by atoms with E-state index in [1.807, 2.05) is 12.1 Å². The first-order valence-electron chi connectivity index (χ1n) is 9.74. The van der Waals surface area contributed by atoms with Crippen LogP contribution in [0.2, 0.25) is 0 Å². The first-order valence-corrected chi connectivity index (χ1v) is 9.74. The second kappa shape index (κ2) is 7.03. The SMILES string of the molecule is COC(=O)c1ccc(CNC(=O)CNC23CC4CC(CC(C4)C2)C3)cc1. The molecule has 4 bridgehead atoms. The maximum absolute atomic E-state index is 12.3. The molecular formula is C21H28N2O3. The van der Waals surface area contributed by atoms with Crippen molar-refractivity contribution >= 4 is 11.9 Å². The molecule has 0 radical (unpaired) electrons. The Morgan fingerprint density at radius 1 is 1.04 bits per heavy atom. The fraction of sp³-hybridized carbons (Fsp3) is 0.619. The standard InChI is InChI=1S/C21H28N2O3/c1-26-20(25)18-4-2-14(3-5-18)12-22-19(24)13-23-21-9-15-6-16(10-21)8-17(7-15)11-21/h2-5,15-17,23H,6-13H2,1H3,(H,22,24). The van der Waals surface area contributed by atoms with E-state index in [0.717, 1.165) is 23.3 Å². The highest BCUT2D eigenvalue weighted by Gasteiger charge is 2.50. The molecule has 2 N–H and O–H groups in total. The van der Waals surface area contributed by atoms with Gasteiger partial charge in [-0.15, -0.1) is 0 Å². The summed E-state index contributed by atoms with van der Waals surface area (Å²) in [5.74, 6) is 2.33. The summed E-state index contributed by atoms with van der Waals surface area (Å²) in [4.78, 5) is 23.7. The Balaban J connectivity index is 1.25. The minimum absolute atomic E-state index is 0.0396. The Bertz CT molecular complexity index is 648. The number of nitrogens with one attached hydrogen (secondary N) is 2. The number of hydrogen-bond donors (Lipinski definition) is 2. The first-order chi connectivity index (χ1) is 12.5. The fourth-order valence-corrected chi connectivity index (χ4v) is 5.73. The van der Waals surface area contributed by atoms with Crippen LogP contribution in [-0.2, 0) is 16.1 Å². The molecule has 0 spiro atoms. The Kier molecular flexibility index (Phi) is 4.74. The smallest absolute Gasteiger partial charge is 0.337 e. The van der Waals surface area contributed by atoms with E-state index >= 15 is 0 Å². The van der Waals surface area contributed by atoms with E-state index in [-0.39, 0.29) is 17.4 Å². The summed E-state index contributed by atoms with van der Waals surface area (Å²) in [5, 5.41) is 6.60. The highest BCUT2D eigenvalue weighted by atomic mass is 16.5. The number of benzene rings is 1. The number of carbonyl (C=O) groups is 2. The molecular weight excluding hydrogens is 328 g/mol. The Hall–Kier alpha value is -1.88. The Morgan fingerprint density at radius 2 is 1.62 bits per heavy atom. The van der Waals surface area contributed by atoms with Crippen molar-refractivity contribution < 1.29 is 14.3 Å². The van der Waals surface area contributed by atoms with Gasteiger partial charge in [0.1, 0.15) is 0 Å². The summed E-state index contributed by atoms with van der Waals surface area (Å²) >= 11 is 0. The lowest BCUT2D eigenvalue weighted by Gasteiger charge is -2.57. The third-order valence-electron chi connectivity index (χ3n) is 6.53. The van der Waals surface area contributed by atoms with E-state index in [0.29, 0.717) is 18.7 Å². The van der Waals surface area contributed by atoms with E-state index in [2.05, 4.69) is 15.4 Å². The number of esters is 1. The second-order valence-electron chi connectivity index (χ2n) is 8.52. The van der Waals surface area contributed by atoms with Crippen molar-refractivity contribution in [3.63, 3.8) is 0 Å². The number of rotatable bonds is 6. The minimum Gasteiger partial charge on any atom is -0.465 e. The topological polar surface area (TPSA) is 67.4 Å². The summed E-state index contributed by atoms with van der Waals surface area (Å²) in [7, 11) is 1.37. The van der Waals surface area contributed by atoms with Gasteiger partial charge in [0, 0.05) is 12.1 Å². The van der Waals surface area contributed by atoms with Gasteiger partial charge in [-0.05, 0) is 74.0 Å². The summed E-state index contributed by atoms with van der Waals surface area (Å²) in [6.07, 6.45) is 7.99. The van der Waals surface area contributed by atoms with Gasteiger partial charge in [-0.3, -0.25) is 4.79 Å². The maximum Gasteiger partial charge on any atom is 0.337 e. The second-order valence-corrected chi connectivity index (χ2v) is 8.52. The lowest BCUT2D eigenvalue weighted by Crippen LogP contribution is -2.59. The van der Waals surface area contributed by atoms with Gasteiger partial charge in [-0.1, -0.05) is 12.1 Å². The van der Waals surface area contributed by atoms with Crippen molar-refractivity contribution in [2.45, 2.75) is 50.6 Å². The average molecular weight is 356 g/mol. The van der Waals surface area contributed by atoms with Gasteiger partial charge in [0.25, 0.3) is 0 Å². The zero-order valence-electron chi connectivity index (χ0n) is 15.4. The van der Waals surface area contributed by atoms with Crippen LogP contribution in [0.3, 0.4) is 0 Å². The van der Waals surface area contributed by atoms with Crippen molar-refractivity contribution in [1.29, 1.82) is 0 Å². The van der Waals surface area contributed by atoms with Gasteiger partial charge in [0.05, 0.1) is 19.2 Å². The van der Waals surface area contributed by atoms with Gasteiger partial charge in [0.2, 0.25) is 5.91 Å². The molecule has 26 heavy (non-hydrogen) atoms. The van der Waals surface area contributed by atoms with Crippen molar-refractivity contribution in [3.05, 3.63) is 35.4 Å². The zero-order chi connectivity index (χ0) is 18.1. The average Bonchev–Trinajstić information content (AvgIpc) is 2.63. The molecule has 5 nitrogen and oxygen atoms in total. The van der Waals surface area contributed by atoms with Crippen molar-refractivity contribution in [2.75, 3.05) is 13.7 Å². The van der Waals surface area contributed by atoms with E-state index in [9.17, 15) is 9.59 Å². The number of amides is 1. The van der Waals surface area contributed by atoms with Crippen LogP contribution in [0, 0.1) is 17.8 Å². The number of methoxy groups -OCH3 is 1. The van der Waals surface area contributed by atoms with Crippen LogP contribution in [0.15, 0.2) is 24.3 Å². The van der Waals surface area contributed by atoms with E-state index in [1.165, 1.54) is 45.6 Å². The Morgan fingerprint density at radius 3 is 2.15 bits per heavy atom. The lowest BCUT2D eigenvalue weighted by molar-refractivity contribution is -0.121. The molecule has 0 saturated heterocycles. The lowest BCUT2D eigenvalue weighted by atomic mass is 9.53. The molecule has 4 aliphatic carbocycles. The molecule has 140 valence electrons. The molecule has 0 unspecified atom stereocenters. The summed E-state index contributed by atoms with van der Waals surface area (Å²) in [6, 6.07) is 7.14. The highest BCUT2D eigenvalue weighted by molar-refractivity contribution is 5.89. The zero-order valence-corrected chi connectivity index (χ0v) is 15.4. The van der Waals surface area contributed by atoms with Gasteiger partial charge < -0.3 is 15.4 Å². The van der Waals surface area contributed by atoms with Crippen LogP contribution < -0.4 is 10.6 Å². The van der Waals surface area contributed by atoms with E-state index in [4.69, 9.17) is 0 Å². The molecule has 0 heterocycles. The van der Waals surface area contributed by atoms with Crippen molar-refractivity contribution in [2.24, 2.45) is 17.8 Å². The summed E-state index contributed by atoms with van der Waals surface area (Å²) in [5.41, 5.74) is 1.71. The third kappa shape index (κ3) is 3.63. The molecule has 4 saturated carbocycles. The quantitative estimate of drug-likeness (QED) is 0.769. The van der Waals surface area contributed by atoms with Gasteiger partial charge in [0.15, 0.2) is 0 Å². The summed E-state index contributed by atoms with van der Waals surface area (Å²) in [6.45, 7) is 0.870. The molecule has 4 fully saturated rings. The van der Waals surface area contributed by atoms with Gasteiger partial charge >= 0.3 is 5.97 Å². The molecule has 1 aromatic rings. The van der Waals surface area contributed by atoms with E-state index < -0.39 is 0 Å². The first kappa shape index (κ1) is 17.5. The molecule has 5 heteroatoms. The van der Waals surface area contributed by atoms with Crippen molar-refractivity contribution in [3.8, 4) is 0 Å². The molecule has 0 aliphatic heterocycles. The molecule has 1 amide bonds. The Labute approximate surface area is 154 Å². The molecule has 5 rings (SSSR count). The minimum atomic E-state index is -0.347. The van der Waals surface area contributed by atoms with Crippen LogP contribution in [0.5, 0.6) is 0 Å². The maximum atomic E-state index is 12.3. The number of ether oxygens (including phenoxy) is 1. The monoisotopic (exact) mass is 356 g/mol. The predicted molar refractivity (Wildman–Crippen MR) is 98.5 cm³/mol. The van der Waals surface area contributed by atoms with Crippen LogP contribution in [0.25, 0.3) is 0 Å². The predicted octanol–water partition coefficient (Wildman–Crippen LogP) is 2.65. The fourth-order valence-electron chi connectivity index (χ4n) is 5.73. The highest BCUT2D eigenvalue weighted by Crippen LogP contribution is 2.55. The van der Waals surface area contributed by atoms with Crippen LogP contribution in [-0.4, -0.2) is 31.1 Å². The molecule has 0 aromatic heterocycles. The molecule has 1 aromatic carbocycles. The summed E-state index contributed by atoms with van der Waals surface area (Å²) < 4.78 is 4.69. The van der Waals surface area contributed by atoms with Crippen molar-refractivity contribution in [1.82, 2.24) is 10.6 Å². The van der Waals surface area contributed by atoms with E-state index in [1.54, 1.807) is 12.1 Å². The molecule has 0 atom stereocenters. The number of carbonyl (C=O) groups excluding carboxylic acids is 2. The van der Waals surface area contributed by atoms with Crippen LogP contribution in [0.1, 0.15) is 54.4 Å². The number of hydrogen-bond acceptors (Lipinski definition) is 4. The largest absolute Gasteiger partial charge is 0.465 e. The normalized spacial score (nSPS) is 31.7. The van der Waals surface area contributed by atoms with Gasteiger partial charge in [-0.25, -0.2) is 4.79 Å². The molecule has 4 aliphatic rings. The van der Waals surface area contributed by atoms with Gasteiger partial charge in [-0.2, -0.15) is 0 Å². The third-order valence-corrected chi connectivity index (χ3v) is 6.53.